The van der Waals surface area contributed by atoms with E-state index in [4.69, 9.17) is 0 Å². The van der Waals surface area contributed by atoms with Crippen molar-refractivity contribution in [3.63, 3.8) is 0 Å². The summed E-state index contributed by atoms with van der Waals surface area (Å²) in [4.78, 5) is 36.8. The van der Waals surface area contributed by atoms with Crippen molar-refractivity contribution in [2.45, 2.75) is 31.7 Å². The Morgan fingerprint density at radius 3 is 2.37 bits per heavy atom. The molecule has 0 aromatic heterocycles. The number of carboxylic acid groups (broad SMARTS) is 1. The van der Waals surface area contributed by atoms with Gasteiger partial charge in [0, 0.05) is 0 Å². The molecule has 2 N–H and O–H groups in total. The minimum atomic E-state index is -1.16. The Labute approximate surface area is 111 Å². The van der Waals surface area contributed by atoms with Crippen LogP contribution >= 0.6 is 0 Å². The molecule has 1 saturated heterocycles. The number of hydrogen-bond acceptors (Lipinski definition) is 4. The number of nitrogens with one attached hydrogen (secondary N) is 1. The summed E-state index contributed by atoms with van der Waals surface area (Å²) in [6.45, 7) is 2.32. The highest BCUT2D eigenvalue weighted by Crippen LogP contribution is 2.48. The van der Waals surface area contributed by atoms with E-state index in [1.54, 1.807) is 0 Å². The third-order valence-electron chi connectivity index (χ3n) is 4.51. The van der Waals surface area contributed by atoms with Gasteiger partial charge in [-0.2, -0.15) is 0 Å². The topological polar surface area (TPSA) is 86.7 Å². The van der Waals surface area contributed by atoms with Crippen molar-refractivity contribution in [3.8, 4) is 0 Å². The molecule has 1 heterocycles. The first-order valence-electron chi connectivity index (χ1n) is 6.85. The molecule has 0 spiro atoms. The molecule has 3 fully saturated rings. The van der Waals surface area contributed by atoms with Crippen LogP contribution in [0.2, 0.25) is 0 Å². The number of piperidine rings is 1. The normalized spacial score (nSPS) is 32.2. The van der Waals surface area contributed by atoms with E-state index in [-0.39, 0.29) is 36.1 Å². The van der Waals surface area contributed by atoms with Crippen LogP contribution in [0.3, 0.4) is 0 Å². The maximum absolute atomic E-state index is 12.0. The molecular weight excluding hydrogens is 248 g/mol. The van der Waals surface area contributed by atoms with Crippen LogP contribution in [0.25, 0.3) is 0 Å². The van der Waals surface area contributed by atoms with Crippen molar-refractivity contribution >= 4 is 17.8 Å². The Kier molecular flexibility index (Phi) is 2.67. The second-order valence-electron chi connectivity index (χ2n) is 5.79. The maximum atomic E-state index is 12.0. The molecule has 0 radical (unpaired) electrons. The number of likely N-dealkylation sites (tertiary alicyclic amines) is 1. The number of hydrogen-bond donors (Lipinski definition) is 2. The molecule has 6 heteroatoms. The number of aliphatic carboxylic acids is 1. The number of nitrogens with zero attached hydrogens (tertiary/aromatic N) is 1. The van der Waals surface area contributed by atoms with E-state index in [2.05, 4.69) is 5.32 Å². The van der Waals surface area contributed by atoms with Crippen molar-refractivity contribution in [1.82, 2.24) is 10.2 Å². The molecule has 19 heavy (non-hydrogen) atoms. The molecule has 3 unspecified atom stereocenters. The third kappa shape index (κ3) is 1.77. The summed E-state index contributed by atoms with van der Waals surface area (Å²) in [7, 11) is 0. The van der Waals surface area contributed by atoms with Gasteiger partial charge in [0.1, 0.15) is 5.54 Å². The fourth-order valence-electron chi connectivity index (χ4n) is 3.19. The lowest BCUT2D eigenvalue weighted by molar-refractivity contribution is -0.150. The first-order valence-corrected chi connectivity index (χ1v) is 6.85. The predicted molar refractivity (Wildman–Crippen MR) is 65.1 cm³/mol. The molecule has 3 atom stereocenters. The zero-order valence-electron chi connectivity index (χ0n) is 10.9. The van der Waals surface area contributed by atoms with Crippen molar-refractivity contribution in [2.24, 2.45) is 17.8 Å². The number of carbonyl (C=O) groups excluding carboxylic acids is 2. The lowest BCUT2D eigenvalue weighted by Gasteiger charge is -2.34. The van der Waals surface area contributed by atoms with Crippen LogP contribution in [0, 0.1) is 17.8 Å². The molecule has 6 nitrogen and oxygen atoms in total. The predicted octanol–water partition coefficient (Wildman–Crippen LogP) is -0.166. The molecule has 2 amide bonds. The van der Waals surface area contributed by atoms with Gasteiger partial charge in [0.25, 0.3) is 0 Å². The van der Waals surface area contributed by atoms with Crippen molar-refractivity contribution < 1.29 is 19.5 Å². The van der Waals surface area contributed by atoms with Gasteiger partial charge in [0.15, 0.2) is 0 Å². The maximum Gasteiger partial charge on any atom is 0.326 e. The first kappa shape index (κ1) is 12.6. The van der Waals surface area contributed by atoms with Crippen molar-refractivity contribution in [1.29, 1.82) is 0 Å². The van der Waals surface area contributed by atoms with Gasteiger partial charge < -0.3 is 10.4 Å². The molecule has 104 valence electrons. The van der Waals surface area contributed by atoms with Crippen LogP contribution in [-0.4, -0.2) is 46.4 Å². The van der Waals surface area contributed by atoms with E-state index in [1.807, 2.05) is 6.92 Å². The number of imide groups is 1. The first-order chi connectivity index (χ1) is 9.01. The van der Waals surface area contributed by atoms with Gasteiger partial charge in [-0.1, -0.05) is 6.92 Å². The van der Waals surface area contributed by atoms with Gasteiger partial charge >= 0.3 is 5.97 Å². The van der Waals surface area contributed by atoms with Gasteiger partial charge in [0.2, 0.25) is 11.8 Å². The molecule has 1 aliphatic heterocycles. The number of likely N-dealkylation sites (N-methyl/N-ethyl adjacent to an activating group) is 1. The second-order valence-corrected chi connectivity index (χ2v) is 5.79. The summed E-state index contributed by atoms with van der Waals surface area (Å²) in [6, 6.07) is 0. The van der Waals surface area contributed by atoms with E-state index in [0.29, 0.717) is 13.0 Å². The van der Waals surface area contributed by atoms with Gasteiger partial charge in [-0.3, -0.25) is 19.3 Å². The summed E-state index contributed by atoms with van der Waals surface area (Å²) in [5.74, 6) is -1.64. The standard InChI is InChI=1S/C13H18N2O4/c1-2-14-13(12(18)19,7-3-4-7)6-15-10(16)8-5-9(8)11(15)17/h7-9,14H,2-6H2,1H3,(H,18,19). The quantitative estimate of drug-likeness (QED) is 0.652. The minimum absolute atomic E-state index is 0.0162. The molecule has 2 aliphatic carbocycles. The minimum Gasteiger partial charge on any atom is -0.480 e. The van der Waals surface area contributed by atoms with E-state index < -0.39 is 11.5 Å². The average molecular weight is 266 g/mol. The largest absolute Gasteiger partial charge is 0.480 e. The van der Waals surface area contributed by atoms with Crippen LogP contribution in [0.5, 0.6) is 0 Å². The average Bonchev–Trinajstić information content (AvgIpc) is 3.25. The number of carbonyl (C=O) groups is 3. The van der Waals surface area contributed by atoms with Crippen LogP contribution < -0.4 is 5.32 Å². The Bertz CT molecular complexity index is 440. The van der Waals surface area contributed by atoms with Gasteiger partial charge in [-0.15, -0.1) is 0 Å². The van der Waals surface area contributed by atoms with Crippen LogP contribution in [0.1, 0.15) is 26.2 Å². The molecule has 0 aromatic carbocycles. The van der Waals surface area contributed by atoms with Crippen LogP contribution in [0.15, 0.2) is 0 Å². The Morgan fingerprint density at radius 2 is 1.95 bits per heavy atom. The molecule has 2 saturated carbocycles. The fraction of sp³-hybridized carbons (Fsp3) is 0.769. The van der Waals surface area contributed by atoms with E-state index in [9.17, 15) is 19.5 Å². The summed E-state index contributed by atoms with van der Waals surface area (Å²) < 4.78 is 0. The van der Waals surface area contributed by atoms with E-state index in [1.165, 1.54) is 4.90 Å². The van der Waals surface area contributed by atoms with Crippen LogP contribution in [0.4, 0.5) is 0 Å². The number of carboxylic acids is 1. The SMILES string of the molecule is CCNC(CN1C(=O)C2CC2C1=O)(C(=O)O)C1CC1. The highest BCUT2D eigenvalue weighted by atomic mass is 16.4. The number of fused-ring (bicyclic) bond motifs is 1. The van der Waals surface area contributed by atoms with Crippen molar-refractivity contribution in [2.75, 3.05) is 13.1 Å². The monoisotopic (exact) mass is 266 g/mol. The van der Waals surface area contributed by atoms with Crippen LogP contribution in [-0.2, 0) is 14.4 Å². The number of amides is 2. The van der Waals surface area contributed by atoms with Gasteiger partial charge in [-0.05, 0) is 31.7 Å². The summed E-state index contributed by atoms with van der Waals surface area (Å²) in [6.07, 6.45) is 2.32. The Balaban J connectivity index is 1.83. The Morgan fingerprint density at radius 1 is 1.37 bits per heavy atom. The van der Waals surface area contributed by atoms with Crippen molar-refractivity contribution in [3.05, 3.63) is 0 Å². The smallest absolute Gasteiger partial charge is 0.326 e. The van der Waals surface area contributed by atoms with Gasteiger partial charge in [-0.25, -0.2) is 0 Å². The third-order valence-corrected chi connectivity index (χ3v) is 4.51. The molecule has 0 bridgehead atoms. The summed E-state index contributed by atoms with van der Waals surface area (Å²) in [5, 5.41) is 12.6. The zero-order chi connectivity index (χ0) is 13.8. The molecule has 3 rings (SSSR count). The molecular formula is C13H18N2O4. The fourth-order valence-corrected chi connectivity index (χ4v) is 3.19. The second kappa shape index (κ2) is 4.03. The highest BCUT2D eigenvalue weighted by molar-refractivity contribution is 6.09. The summed E-state index contributed by atoms with van der Waals surface area (Å²) >= 11 is 0. The molecule has 0 aromatic rings. The highest BCUT2D eigenvalue weighted by Gasteiger charge is 2.62. The lowest BCUT2D eigenvalue weighted by Crippen LogP contribution is -2.61. The summed E-state index contributed by atoms with van der Waals surface area (Å²) in [5.41, 5.74) is -1.16. The zero-order valence-corrected chi connectivity index (χ0v) is 10.9. The Hall–Kier alpha value is -1.43. The van der Waals surface area contributed by atoms with E-state index in [0.717, 1.165) is 12.8 Å². The molecule has 3 aliphatic rings. The lowest BCUT2D eigenvalue weighted by atomic mass is 9.92. The van der Waals surface area contributed by atoms with E-state index >= 15 is 0 Å². The van der Waals surface area contributed by atoms with Gasteiger partial charge in [0.05, 0.1) is 18.4 Å². The number of rotatable bonds is 6.